The number of fused-ring (bicyclic) bond motifs is 1. The predicted molar refractivity (Wildman–Crippen MR) is 94.7 cm³/mol. The van der Waals surface area contributed by atoms with Gasteiger partial charge in [-0.15, -0.1) is 0 Å². The molecule has 1 fully saturated rings. The van der Waals surface area contributed by atoms with Crippen LogP contribution in [0.1, 0.15) is 24.7 Å². The number of aryl methyl sites for hydroxylation is 1. The fraction of sp³-hybridized carbons (Fsp3) is 0.333. The molecule has 0 bridgehead atoms. The Labute approximate surface area is 158 Å². The van der Waals surface area contributed by atoms with Crippen molar-refractivity contribution < 1.29 is 18.1 Å². The van der Waals surface area contributed by atoms with Gasteiger partial charge in [-0.2, -0.15) is 10.1 Å². The van der Waals surface area contributed by atoms with E-state index in [9.17, 15) is 13.6 Å². The molecular formula is C18H16F2N6O2. The van der Waals surface area contributed by atoms with E-state index in [0.29, 0.717) is 11.7 Å². The third-order valence-electron chi connectivity index (χ3n) is 5.04. The molecule has 0 aliphatic carbocycles. The number of hydrogen-bond donors (Lipinski definition) is 1. The van der Waals surface area contributed by atoms with E-state index in [1.165, 1.54) is 11.0 Å². The molecule has 10 heteroatoms. The molecule has 4 heterocycles. The molecule has 8 nitrogen and oxygen atoms in total. The van der Waals surface area contributed by atoms with Gasteiger partial charge >= 0.3 is 0 Å². The lowest BCUT2D eigenvalue weighted by molar-refractivity contribution is -0.117. The van der Waals surface area contributed by atoms with Crippen molar-refractivity contribution in [2.24, 2.45) is 0 Å². The van der Waals surface area contributed by atoms with Gasteiger partial charge in [0.05, 0.1) is 23.4 Å². The molecule has 5 rings (SSSR count). The Bertz CT molecular complexity index is 1060. The summed E-state index contributed by atoms with van der Waals surface area (Å²) in [5.74, 6) is -0.566. The van der Waals surface area contributed by atoms with Crippen LogP contribution in [0.25, 0.3) is 11.4 Å². The van der Waals surface area contributed by atoms with Crippen LogP contribution in [0.2, 0.25) is 0 Å². The second kappa shape index (κ2) is 6.39. The van der Waals surface area contributed by atoms with Gasteiger partial charge in [0, 0.05) is 32.1 Å². The van der Waals surface area contributed by atoms with Gasteiger partial charge in [-0.3, -0.25) is 4.79 Å². The summed E-state index contributed by atoms with van der Waals surface area (Å²) in [6, 6.07) is 3.14. The van der Waals surface area contributed by atoms with E-state index in [2.05, 4.69) is 20.6 Å². The Kier molecular flexibility index (Phi) is 3.85. The van der Waals surface area contributed by atoms with Crippen LogP contribution in [-0.2, 0) is 11.3 Å². The highest BCUT2D eigenvalue weighted by molar-refractivity contribution is 5.96. The Morgan fingerprint density at radius 1 is 1.29 bits per heavy atom. The maximum atomic E-state index is 14.1. The van der Waals surface area contributed by atoms with E-state index < -0.39 is 11.6 Å². The largest absolute Gasteiger partial charge is 0.370 e. The SMILES string of the molecule is O=C1CC(c2nc(-c3cnn4c3NCCC4)no2)CN1c1ccc(F)cc1F. The van der Waals surface area contributed by atoms with E-state index in [0.717, 1.165) is 43.0 Å². The van der Waals surface area contributed by atoms with Gasteiger partial charge in [-0.1, -0.05) is 5.16 Å². The Balaban J connectivity index is 1.39. The van der Waals surface area contributed by atoms with Crippen LogP contribution in [0.4, 0.5) is 20.3 Å². The van der Waals surface area contributed by atoms with Crippen LogP contribution >= 0.6 is 0 Å². The summed E-state index contributed by atoms with van der Waals surface area (Å²) in [4.78, 5) is 18.1. The topological polar surface area (TPSA) is 89.1 Å². The summed E-state index contributed by atoms with van der Waals surface area (Å²) < 4.78 is 34.4. The summed E-state index contributed by atoms with van der Waals surface area (Å²) in [7, 11) is 0. The number of amides is 1. The van der Waals surface area contributed by atoms with Gasteiger partial charge in [-0.05, 0) is 18.6 Å². The molecule has 2 aromatic heterocycles. The fourth-order valence-corrected chi connectivity index (χ4v) is 3.66. The van der Waals surface area contributed by atoms with Crippen molar-refractivity contribution in [1.29, 1.82) is 0 Å². The van der Waals surface area contributed by atoms with Crippen LogP contribution in [0.15, 0.2) is 28.9 Å². The Morgan fingerprint density at radius 3 is 3.04 bits per heavy atom. The highest BCUT2D eigenvalue weighted by atomic mass is 19.1. The minimum absolute atomic E-state index is 0.0449. The molecule has 1 saturated heterocycles. The monoisotopic (exact) mass is 386 g/mol. The highest BCUT2D eigenvalue weighted by Gasteiger charge is 2.36. The molecule has 1 atom stereocenters. The third-order valence-corrected chi connectivity index (χ3v) is 5.04. The zero-order valence-corrected chi connectivity index (χ0v) is 14.7. The number of nitrogens with zero attached hydrogens (tertiary/aromatic N) is 5. The normalized spacial score (nSPS) is 19.0. The molecule has 144 valence electrons. The molecule has 0 radical (unpaired) electrons. The summed E-state index contributed by atoms with van der Waals surface area (Å²) in [5, 5.41) is 11.6. The zero-order chi connectivity index (χ0) is 19.3. The van der Waals surface area contributed by atoms with Gasteiger partial charge in [0.2, 0.25) is 17.6 Å². The van der Waals surface area contributed by atoms with Gasteiger partial charge in [0.1, 0.15) is 17.5 Å². The minimum Gasteiger partial charge on any atom is -0.370 e. The number of nitrogens with one attached hydrogen (secondary N) is 1. The fourth-order valence-electron chi connectivity index (χ4n) is 3.66. The van der Waals surface area contributed by atoms with Crippen LogP contribution in [0.5, 0.6) is 0 Å². The number of rotatable bonds is 3. The highest BCUT2D eigenvalue weighted by Crippen LogP contribution is 2.34. The van der Waals surface area contributed by atoms with Gasteiger partial charge in [0.15, 0.2) is 0 Å². The lowest BCUT2D eigenvalue weighted by Gasteiger charge is -2.16. The van der Waals surface area contributed by atoms with E-state index in [1.54, 1.807) is 6.20 Å². The van der Waals surface area contributed by atoms with E-state index in [4.69, 9.17) is 4.52 Å². The molecule has 1 aromatic carbocycles. The number of hydrogen-bond acceptors (Lipinski definition) is 6. The number of carbonyl (C=O) groups is 1. The number of benzene rings is 1. The van der Waals surface area contributed by atoms with Gasteiger partial charge < -0.3 is 14.7 Å². The van der Waals surface area contributed by atoms with Crippen LogP contribution in [0, 0.1) is 11.6 Å². The average molecular weight is 386 g/mol. The molecule has 2 aliphatic rings. The van der Waals surface area contributed by atoms with Crippen molar-refractivity contribution in [1.82, 2.24) is 19.9 Å². The van der Waals surface area contributed by atoms with Crippen molar-refractivity contribution in [2.75, 3.05) is 23.3 Å². The molecular weight excluding hydrogens is 370 g/mol. The van der Waals surface area contributed by atoms with E-state index in [-0.39, 0.29) is 30.5 Å². The molecule has 28 heavy (non-hydrogen) atoms. The first-order valence-corrected chi connectivity index (χ1v) is 8.99. The first-order chi connectivity index (χ1) is 13.6. The number of aromatic nitrogens is 4. The summed E-state index contributed by atoms with van der Waals surface area (Å²) in [5.41, 5.74) is 0.781. The smallest absolute Gasteiger partial charge is 0.232 e. The van der Waals surface area contributed by atoms with Gasteiger partial charge in [0.25, 0.3) is 0 Å². The maximum absolute atomic E-state index is 14.1. The second-order valence-electron chi connectivity index (χ2n) is 6.87. The van der Waals surface area contributed by atoms with Gasteiger partial charge in [-0.25, -0.2) is 13.5 Å². The van der Waals surface area contributed by atoms with Crippen molar-refractivity contribution in [3.63, 3.8) is 0 Å². The lowest BCUT2D eigenvalue weighted by atomic mass is 10.1. The average Bonchev–Trinajstić information content (AvgIpc) is 3.39. The first kappa shape index (κ1) is 16.8. The van der Waals surface area contributed by atoms with Crippen LogP contribution < -0.4 is 10.2 Å². The molecule has 1 N–H and O–H groups in total. The van der Waals surface area contributed by atoms with Crippen molar-refractivity contribution in [3.8, 4) is 11.4 Å². The summed E-state index contributed by atoms with van der Waals surface area (Å²) in [6.07, 6.45) is 2.79. The minimum atomic E-state index is -0.780. The molecule has 1 unspecified atom stereocenters. The first-order valence-electron chi connectivity index (χ1n) is 8.99. The predicted octanol–water partition coefficient (Wildman–Crippen LogP) is 2.55. The number of anilines is 2. The quantitative estimate of drug-likeness (QED) is 0.744. The number of carbonyl (C=O) groups excluding carboxylic acids is 1. The Morgan fingerprint density at radius 2 is 2.18 bits per heavy atom. The standard InChI is InChI=1S/C18H16F2N6O2/c19-11-2-3-14(13(20)7-11)25-9-10(6-15(25)27)18-23-16(24-28-18)12-8-22-26-5-1-4-21-17(12)26/h2-3,7-8,10,21H,1,4-6,9H2. The third kappa shape index (κ3) is 2.72. The lowest BCUT2D eigenvalue weighted by Crippen LogP contribution is -2.25. The van der Waals surface area contributed by atoms with Crippen LogP contribution in [-0.4, -0.2) is 38.9 Å². The van der Waals surface area contributed by atoms with Crippen molar-refractivity contribution in [2.45, 2.75) is 25.3 Å². The van der Waals surface area contributed by atoms with Crippen molar-refractivity contribution in [3.05, 3.63) is 41.9 Å². The van der Waals surface area contributed by atoms with Crippen LogP contribution in [0.3, 0.4) is 0 Å². The Hall–Kier alpha value is -3.30. The molecule has 2 aliphatic heterocycles. The van der Waals surface area contributed by atoms with E-state index >= 15 is 0 Å². The molecule has 0 saturated carbocycles. The van der Waals surface area contributed by atoms with Crippen molar-refractivity contribution >= 4 is 17.4 Å². The zero-order valence-electron chi connectivity index (χ0n) is 14.7. The molecule has 3 aromatic rings. The molecule has 1 amide bonds. The van der Waals surface area contributed by atoms with E-state index in [1.807, 2.05) is 4.68 Å². The molecule has 0 spiro atoms. The summed E-state index contributed by atoms with van der Waals surface area (Å²) in [6.45, 7) is 1.86. The summed E-state index contributed by atoms with van der Waals surface area (Å²) >= 11 is 0. The number of halogens is 2. The maximum Gasteiger partial charge on any atom is 0.232 e. The second-order valence-corrected chi connectivity index (χ2v) is 6.87.